The molecule has 2 atom stereocenters. The van der Waals surface area contributed by atoms with Crippen LogP contribution in [0.4, 0.5) is 4.39 Å². The Kier molecular flexibility index (Phi) is 4.00. The minimum Gasteiger partial charge on any atom is -0.490 e. The van der Waals surface area contributed by atoms with Crippen molar-refractivity contribution >= 4 is 0 Å². The van der Waals surface area contributed by atoms with Gasteiger partial charge < -0.3 is 10.1 Å². The second kappa shape index (κ2) is 5.50. The fraction of sp³-hybridized carbons (Fsp3) is 0.571. The van der Waals surface area contributed by atoms with Crippen molar-refractivity contribution in [2.45, 2.75) is 45.3 Å². The molecule has 17 heavy (non-hydrogen) atoms. The van der Waals surface area contributed by atoms with Gasteiger partial charge in [0.05, 0.1) is 0 Å². The molecule has 2 nitrogen and oxygen atoms in total. The summed E-state index contributed by atoms with van der Waals surface area (Å²) in [5.74, 6) is 0.457. The SMILES string of the molecule is CCNC1CCC(Oc2ccc(C)c(F)c2)C1. The van der Waals surface area contributed by atoms with E-state index < -0.39 is 0 Å². The van der Waals surface area contributed by atoms with Crippen LogP contribution in [0.15, 0.2) is 18.2 Å². The van der Waals surface area contributed by atoms with E-state index in [4.69, 9.17) is 4.74 Å². The number of benzene rings is 1. The average Bonchev–Trinajstić information content (AvgIpc) is 2.72. The molecule has 3 heteroatoms. The maximum Gasteiger partial charge on any atom is 0.129 e. The van der Waals surface area contributed by atoms with Gasteiger partial charge in [-0.2, -0.15) is 0 Å². The minimum atomic E-state index is -0.191. The smallest absolute Gasteiger partial charge is 0.129 e. The Labute approximate surface area is 102 Å². The van der Waals surface area contributed by atoms with Crippen LogP contribution in [0.2, 0.25) is 0 Å². The van der Waals surface area contributed by atoms with E-state index >= 15 is 0 Å². The van der Waals surface area contributed by atoms with Crippen LogP contribution in [0.1, 0.15) is 31.7 Å². The van der Waals surface area contributed by atoms with Crippen LogP contribution in [0.3, 0.4) is 0 Å². The molecule has 0 heterocycles. The molecule has 0 bridgehead atoms. The van der Waals surface area contributed by atoms with Crippen LogP contribution in [-0.2, 0) is 0 Å². The second-order valence-electron chi connectivity index (χ2n) is 4.72. The molecule has 1 aliphatic carbocycles. The highest BCUT2D eigenvalue weighted by molar-refractivity contribution is 5.28. The Morgan fingerprint density at radius 2 is 2.24 bits per heavy atom. The van der Waals surface area contributed by atoms with Gasteiger partial charge in [-0.3, -0.25) is 0 Å². The standard InChI is InChI=1S/C14H20FNO/c1-3-16-11-5-7-12(8-11)17-13-6-4-10(2)14(15)9-13/h4,6,9,11-12,16H,3,5,7-8H2,1-2H3. The molecule has 0 saturated heterocycles. The molecule has 2 unspecified atom stereocenters. The molecule has 1 N–H and O–H groups in total. The van der Waals surface area contributed by atoms with Crippen molar-refractivity contribution < 1.29 is 9.13 Å². The fourth-order valence-corrected chi connectivity index (χ4v) is 2.36. The molecule has 1 aromatic rings. The molecule has 1 aromatic carbocycles. The van der Waals surface area contributed by atoms with E-state index in [9.17, 15) is 4.39 Å². The summed E-state index contributed by atoms with van der Waals surface area (Å²) in [5, 5.41) is 3.43. The normalized spacial score (nSPS) is 23.9. The molecule has 0 aromatic heterocycles. The number of rotatable bonds is 4. The summed E-state index contributed by atoms with van der Waals surface area (Å²) < 4.78 is 19.2. The highest BCUT2D eigenvalue weighted by atomic mass is 19.1. The van der Waals surface area contributed by atoms with Crippen LogP contribution < -0.4 is 10.1 Å². The quantitative estimate of drug-likeness (QED) is 0.869. The summed E-state index contributed by atoms with van der Waals surface area (Å²) in [6.07, 6.45) is 3.43. The lowest BCUT2D eigenvalue weighted by Gasteiger charge is -2.15. The first-order chi connectivity index (χ1) is 8.19. The lowest BCUT2D eigenvalue weighted by Crippen LogP contribution is -2.27. The number of hydrogen-bond acceptors (Lipinski definition) is 2. The topological polar surface area (TPSA) is 21.3 Å². The molecule has 0 aliphatic heterocycles. The van der Waals surface area contributed by atoms with Crippen molar-refractivity contribution in [3.8, 4) is 5.75 Å². The number of hydrogen-bond donors (Lipinski definition) is 1. The first-order valence-electron chi connectivity index (χ1n) is 6.35. The molecule has 94 valence electrons. The summed E-state index contributed by atoms with van der Waals surface area (Å²) in [6.45, 7) is 4.87. The molecule has 1 saturated carbocycles. The molecule has 0 amide bonds. The summed E-state index contributed by atoms with van der Waals surface area (Å²) in [4.78, 5) is 0. The van der Waals surface area contributed by atoms with E-state index in [1.165, 1.54) is 6.07 Å². The van der Waals surface area contributed by atoms with Gasteiger partial charge >= 0.3 is 0 Å². The minimum absolute atomic E-state index is 0.191. The Morgan fingerprint density at radius 1 is 1.41 bits per heavy atom. The molecule has 0 spiro atoms. The zero-order chi connectivity index (χ0) is 12.3. The number of ether oxygens (including phenoxy) is 1. The van der Waals surface area contributed by atoms with Crippen molar-refractivity contribution in [2.75, 3.05) is 6.54 Å². The number of halogens is 1. The van der Waals surface area contributed by atoms with Crippen molar-refractivity contribution in [2.24, 2.45) is 0 Å². The lowest BCUT2D eigenvalue weighted by molar-refractivity contribution is 0.205. The van der Waals surface area contributed by atoms with Gasteiger partial charge in [0.15, 0.2) is 0 Å². The summed E-state index contributed by atoms with van der Waals surface area (Å²) >= 11 is 0. The summed E-state index contributed by atoms with van der Waals surface area (Å²) in [5.41, 5.74) is 0.661. The van der Waals surface area contributed by atoms with E-state index in [0.29, 0.717) is 17.4 Å². The predicted octanol–water partition coefficient (Wildman–Crippen LogP) is 3.04. The zero-order valence-corrected chi connectivity index (χ0v) is 10.5. The Hall–Kier alpha value is -1.09. The molecule has 1 fully saturated rings. The first kappa shape index (κ1) is 12.4. The van der Waals surface area contributed by atoms with Crippen molar-refractivity contribution in [1.82, 2.24) is 5.32 Å². The van der Waals surface area contributed by atoms with Crippen molar-refractivity contribution in [3.63, 3.8) is 0 Å². The molecule has 1 aliphatic rings. The van der Waals surface area contributed by atoms with Gasteiger partial charge in [-0.05, 0) is 44.4 Å². The summed E-state index contributed by atoms with van der Waals surface area (Å²) in [7, 11) is 0. The van der Waals surface area contributed by atoms with Crippen LogP contribution in [0.5, 0.6) is 5.75 Å². The predicted molar refractivity (Wildman–Crippen MR) is 66.9 cm³/mol. The van der Waals surface area contributed by atoms with Crippen LogP contribution >= 0.6 is 0 Å². The van der Waals surface area contributed by atoms with Gasteiger partial charge in [0.1, 0.15) is 17.7 Å². The van der Waals surface area contributed by atoms with Crippen LogP contribution in [0.25, 0.3) is 0 Å². The zero-order valence-electron chi connectivity index (χ0n) is 10.5. The van der Waals surface area contributed by atoms with E-state index in [-0.39, 0.29) is 11.9 Å². The van der Waals surface area contributed by atoms with Gasteiger partial charge in [-0.15, -0.1) is 0 Å². The van der Waals surface area contributed by atoms with Gasteiger partial charge in [-0.25, -0.2) is 4.39 Å². The maximum absolute atomic E-state index is 13.4. The average molecular weight is 237 g/mol. The lowest BCUT2D eigenvalue weighted by atomic mass is 10.2. The molecular weight excluding hydrogens is 217 g/mol. The van der Waals surface area contributed by atoms with E-state index in [1.807, 2.05) is 6.07 Å². The Morgan fingerprint density at radius 3 is 2.94 bits per heavy atom. The monoisotopic (exact) mass is 237 g/mol. The third-order valence-electron chi connectivity index (χ3n) is 3.32. The summed E-state index contributed by atoms with van der Waals surface area (Å²) in [6, 6.07) is 5.65. The maximum atomic E-state index is 13.4. The molecule has 2 rings (SSSR count). The van der Waals surface area contributed by atoms with Crippen molar-refractivity contribution in [1.29, 1.82) is 0 Å². The van der Waals surface area contributed by atoms with E-state index in [0.717, 1.165) is 25.8 Å². The molecular formula is C14H20FNO. The van der Waals surface area contributed by atoms with Gasteiger partial charge in [-0.1, -0.05) is 13.0 Å². The highest BCUT2D eigenvalue weighted by Gasteiger charge is 2.25. The van der Waals surface area contributed by atoms with Crippen molar-refractivity contribution in [3.05, 3.63) is 29.6 Å². The Bertz CT molecular complexity index is 380. The number of nitrogens with one attached hydrogen (secondary N) is 1. The van der Waals surface area contributed by atoms with Crippen LogP contribution in [-0.4, -0.2) is 18.7 Å². The number of aryl methyl sites for hydroxylation is 1. The first-order valence-corrected chi connectivity index (χ1v) is 6.35. The van der Waals surface area contributed by atoms with Crippen LogP contribution in [0, 0.1) is 12.7 Å². The third-order valence-corrected chi connectivity index (χ3v) is 3.32. The van der Waals surface area contributed by atoms with Gasteiger partial charge in [0.25, 0.3) is 0 Å². The largest absolute Gasteiger partial charge is 0.490 e. The van der Waals surface area contributed by atoms with Gasteiger partial charge in [0.2, 0.25) is 0 Å². The Balaban J connectivity index is 1.91. The second-order valence-corrected chi connectivity index (χ2v) is 4.72. The van der Waals surface area contributed by atoms with E-state index in [1.54, 1.807) is 13.0 Å². The highest BCUT2D eigenvalue weighted by Crippen LogP contribution is 2.25. The van der Waals surface area contributed by atoms with E-state index in [2.05, 4.69) is 12.2 Å². The third kappa shape index (κ3) is 3.19. The fourth-order valence-electron chi connectivity index (χ4n) is 2.36. The van der Waals surface area contributed by atoms with Gasteiger partial charge in [0, 0.05) is 12.1 Å². The molecule has 0 radical (unpaired) electrons.